The van der Waals surface area contributed by atoms with Crippen LogP contribution in [0.3, 0.4) is 0 Å². The molecule has 6 atom stereocenters. The second kappa shape index (κ2) is 4.97. The molecule has 0 radical (unpaired) electrons. The van der Waals surface area contributed by atoms with Crippen LogP contribution in [0.2, 0.25) is 0 Å². The lowest BCUT2D eigenvalue weighted by molar-refractivity contribution is -0.153. The summed E-state index contributed by atoms with van der Waals surface area (Å²) < 4.78 is 0. The Kier molecular flexibility index (Phi) is 3.06. The molecule has 2 N–H and O–H groups in total. The van der Waals surface area contributed by atoms with Gasteiger partial charge in [-0.15, -0.1) is 0 Å². The van der Waals surface area contributed by atoms with Crippen LogP contribution in [-0.4, -0.2) is 17.0 Å². The van der Waals surface area contributed by atoms with E-state index in [0.717, 1.165) is 12.0 Å². The van der Waals surface area contributed by atoms with Gasteiger partial charge in [0.2, 0.25) is 5.91 Å². The summed E-state index contributed by atoms with van der Waals surface area (Å²) in [6.07, 6.45) is 5.21. The smallest absolute Gasteiger partial charge is 0.307 e. The number of rotatable bonds is 4. The molecular formula is C18H19NO3. The predicted molar refractivity (Wildman–Crippen MR) is 80.6 cm³/mol. The Bertz CT molecular complexity index is 639. The van der Waals surface area contributed by atoms with E-state index in [9.17, 15) is 14.7 Å². The van der Waals surface area contributed by atoms with Crippen LogP contribution in [0.25, 0.3) is 0 Å². The van der Waals surface area contributed by atoms with Crippen molar-refractivity contribution in [1.29, 1.82) is 0 Å². The molecule has 0 heterocycles. The summed E-state index contributed by atoms with van der Waals surface area (Å²) in [7, 11) is 0. The summed E-state index contributed by atoms with van der Waals surface area (Å²) in [4.78, 5) is 24.3. The van der Waals surface area contributed by atoms with Crippen LogP contribution in [0.15, 0.2) is 42.5 Å². The summed E-state index contributed by atoms with van der Waals surface area (Å²) >= 11 is 0. The van der Waals surface area contributed by atoms with E-state index in [-0.39, 0.29) is 17.7 Å². The van der Waals surface area contributed by atoms with Gasteiger partial charge in [-0.05, 0) is 35.7 Å². The number of allylic oxidation sites excluding steroid dienone is 2. The van der Waals surface area contributed by atoms with Crippen LogP contribution in [0, 0.1) is 35.5 Å². The van der Waals surface area contributed by atoms with Crippen molar-refractivity contribution in [1.82, 2.24) is 5.32 Å². The fraction of sp³-hybridized carbons (Fsp3) is 0.444. The Hall–Kier alpha value is -2.10. The number of fused-ring (bicyclic) bond motifs is 1. The van der Waals surface area contributed by atoms with E-state index < -0.39 is 17.8 Å². The van der Waals surface area contributed by atoms with E-state index in [4.69, 9.17) is 0 Å². The van der Waals surface area contributed by atoms with E-state index in [1.165, 1.54) is 0 Å². The summed E-state index contributed by atoms with van der Waals surface area (Å²) in [6, 6.07) is 9.71. The Balaban J connectivity index is 1.51. The topological polar surface area (TPSA) is 66.4 Å². The highest BCUT2D eigenvalue weighted by molar-refractivity contribution is 5.86. The quantitative estimate of drug-likeness (QED) is 0.836. The lowest BCUT2D eigenvalue weighted by Gasteiger charge is -2.41. The molecule has 2 fully saturated rings. The first-order chi connectivity index (χ1) is 10.7. The maximum absolute atomic E-state index is 12.6. The van der Waals surface area contributed by atoms with Crippen molar-refractivity contribution in [2.24, 2.45) is 35.5 Å². The van der Waals surface area contributed by atoms with E-state index in [0.29, 0.717) is 18.4 Å². The fourth-order valence-electron chi connectivity index (χ4n) is 4.47. The highest BCUT2D eigenvalue weighted by Gasteiger charge is 2.62. The maximum Gasteiger partial charge on any atom is 0.307 e. The minimum Gasteiger partial charge on any atom is -0.481 e. The van der Waals surface area contributed by atoms with E-state index in [2.05, 4.69) is 11.4 Å². The Morgan fingerprint density at radius 3 is 2.32 bits per heavy atom. The summed E-state index contributed by atoms with van der Waals surface area (Å²) in [6.45, 7) is 0.456. The number of hydrogen-bond donors (Lipinski definition) is 2. The second-order valence-corrected chi connectivity index (χ2v) is 6.70. The molecule has 1 aromatic rings. The van der Waals surface area contributed by atoms with Gasteiger partial charge in [0.05, 0.1) is 11.8 Å². The van der Waals surface area contributed by atoms with Gasteiger partial charge in [0.1, 0.15) is 0 Å². The highest BCUT2D eigenvalue weighted by atomic mass is 16.4. The minimum atomic E-state index is -0.829. The molecule has 4 heteroatoms. The zero-order valence-corrected chi connectivity index (χ0v) is 12.2. The van der Waals surface area contributed by atoms with Crippen molar-refractivity contribution < 1.29 is 14.7 Å². The third-order valence-corrected chi connectivity index (χ3v) is 5.55. The largest absolute Gasteiger partial charge is 0.481 e. The van der Waals surface area contributed by atoms with Gasteiger partial charge in [-0.3, -0.25) is 9.59 Å². The van der Waals surface area contributed by atoms with E-state index >= 15 is 0 Å². The zero-order chi connectivity index (χ0) is 15.3. The van der Waals surface area contributed by atoms with Crippen molar-refractivity contribution >= 4 is 11.9 Å². The normalized spacial score (nSPS) is 37.5. The summed E-state index contributed by atoms with van der Waals surface area (Å²) in [5.74, 6) is -0.751. The predicted octanol–water partition coefficient (Wildman–Crippen LogP) is 2.07. The molecular weight excluding hydrogens is 278 g/mol. The van der Waals surface area contributed by atoms with Gasteiger partial charge in [0, 0.05) is 6.54 Å². The molecule has 2 saturated carbocycles. The van der Waals surface area contributed by atoms with Crippen molar-refractivity contribution in [3.05, 3.63) is 48.0 Å². The lowest BCUT2D eigenvalue weighted by atomic mass is 9.62. The number of carboxylic acid groups (broad SMARTS) is 1. The van der Waals surface area contributed by atoms with Gasteiger partial charge >= 0.3 is 5.97 Å². The number of carbonyl (C=O) groups excluding carboxylic acids is 1. The molecule has 0 aliphatic heterocycles. The third-order valence-electron chi connectivity index (χ3n) is 5.55. The van der Waals surface area contributed by atoms with Gasteiger partial charge in [-0.1, -0.05) is 42.5 Å². The molecule has 5 rings (SSSR count). The number of nitrogens with one attached hydrogen (secondary N) is 1. The molecule has 114 valence electrons. The SMILES string of the molecule is O=C(NCc1ccccc1)[C@@H]1[C@H]2C=C[C@H]([C@H]3C[C@H]23)[C@@H]1C(=O)O. The standard InChI is InChI=1S/C18H19NO3/c20-17(19-9-10-4-2-1-3-5-10)15-11-6-7-12(14-8-13(11)14)16(15)18(21)22/h1-7,11-16H,8-9H2,(H,19,20)(H,21,22)/t11-,12+,13+,14+,15+,16-/m0/s1. The van der Waals surface area contributed by atoms with Crippen LogP contribution in [0.5, 0.6) is 0 Å². The number of hydrogen-bond acceptors (Lipinski definition) is 2. The first kappa shape index (κ1) is 13.6. The van der Waals surface area contributed by atoms with Crippen molar-refractivity contribution in [2.75, 3.05) is 0 Å². The van der Waals surface area contributed by atoms with Crippen LogP contribution in [0.4, 0.5) is 0 Å². The first-order valence-electron chi connectivity index (χ1n) is 7.89. The van der Waals surface area contributed by atoms with Crippen molar-refractivity contribution in [3.8, 4) is 0 Å². The molecule has 0 spiro atoms. The Morgan fingerprint density at radius 2 is 1.68 bits per heavy atom. The van der Waals surface area contributed by atoms with Crippen LogP contribution in [-0.2, 0) is 16.1 Å². The van der Waals surface area contributed by atoms with E-state index in [1.807, 2.05) is 36.4 Å². The fourth-order valence-corrected chi connectivity index (χ4v) is 4.47. The summed E-state index contributed by atoms with van der Waals surface area (Å²) in [5.41, 5.74) is 1.03. The molecule has 4 aliphatic carbocycles. The Labute approximate surface area is 129 Å². The average Bonchev–Trinajstić information content (AvgIpc) is 3.35. The molecule has 0 aromatic heterocycles. The maximum atomic E-state index is 12.6. The molecule has 4 aliphatic rings. The molecule has 22 heavy (non-hydrogen) atoms. The van der Waals surface area contributed by atoms with Crippen LogP contribution < -0.4 is 5.32 Å². The van der Waals surface area contributed by atoms with Gasteiger partial charge in [0.15, 0.2) is 0 Å². The third kappa shape index (κ3) is 2.05. The number of amides is 1. The highest BCUT2D eigenvalue weighted by Crippen LogP contribution is 2.63. The lowest BCUT2D eigenvalue weighted by Crippen LogP contribution is -2.49. The van der Waals surface area contributed by atoms with E-state index in [1.54, 1.807) is 0 Å². The van der Waals surface area contributed by atoms with Crippen LogP contribution >= 0.6 is 0 Å². The van der Waals surface area contributed by atoms with Crippen LogP contribution in [0.1, 0.15) is 12.0 Å². The monoisotopic (exact) mass is 297 g/mol. The van der Waals surface area contributed by atoms with Crippen molar-refractivity contribution in [2.45, 2.75) is 13.0 Å². The Morgan fingerprint density at radius 1 is 1.05 bits per heavy atom. The number of carbonyl (C=O) groups is 2. The average molecular weight is 297 g/mol. The van der Waals surface area contributed by atoms with Gasteiger partial charge < -0.3 is 10.4 Å². The van der Waals surface area contributed by atoms with Crippen molar-refractivity contribution in [3.63, 3.8) is 0 Å². The number of benzene rings is 1. The summed E-state index contributed by atoms with van der Waals surface area (Å²) in [5, 5.41) is 12.5. The molecule has 0 unspecified atom stereocenters. The van der Waals surface area contributed by atoms with Gasteiger partial charge in [0.25, 0.3) is 0 Å². The van der Waals surface area contributed by atoms with Gasteiger partial charge in [-0.2, -0.15) is 0 Å². The molecule has 4 nitrogen and oxygen atoms in total. The molecule has 0 saturated heterocycles. The number of carboxylic acids is 1. The zero-order valence-electron chi connectivity index (χ0n) is 12.2. The first-order valence-corrected chi connectivity index (χ1v) is 7.89. The second-order valence-electron chi connectivity index (χ2n) is 6.70. The molecule has 2 bridgehead atoms. The minimum absolute atomic E-state index is 0.0416. The van der Waals surface area contributed by atoms with Gasteiger partial charge in [-0.25, -0.2) is 0 Å². The number of aliphatic carboxylic acids is 1. The molecule has 1 amide bonds. The molecule has 1 aromatic carbocycles.